The molecule has 0 aliphatic carbocycles. The number of carbonyl (C=O) groups excluding carboxylic acids is 1. The van der Waals surface area contributed by atoms with Gasteiger partial charge in [0.25, 0.3) is 11.6 Å². The van der Waals surface area contributed by atoms with Crippen LogP contribution in [0.4, 0.5) is 5.69 Å². The highest BCUT2D eigenvalue weighted by Crippen LogP contribution is 2.22. The number of benzene rings is 2. The third kappa shape index (κ3) is 3.43. The van der Waals surface area contributed by atoms with Crippen molar-refractivity contribution in [3.05, 3.63) is 68.0 Å². The van der Waals surface area contributed by atoms with Gasteiger partial charge < -0.3 is 4.57 Å². The van der Waals surface area contributed by atoms with Gasteiger partial charge >= 0.3 is 0 Å². The van der Waals surface area contributed by atoms with Crippen molar-refractivity contribution in [2.24, 2.45) is 4.99 Å². The van der Waals surface area contributed by atoms with Crippen LogP contribution >= 0.6 is 11.3 Å². The lowest BCUT2D eigenvalue weighted by molar-refractivity contribution is -0.384. The number of carbonyl (C=O) groups is 1. The molecule has 26 heavy (non-hydrogen) atoms. The molecule has 0 spiro atoms. The molecule has 0 N–H and O–H groups in total. The molecule has 0 bridgehead atoms. The number of hydrogen-bond donors (Lipinski definition) is 0. The number of thiazole rings is 1. The Hall–Kier alpha value is -2.80. The molecule has 3 aromatic rings. The van der Waals surface area contributed by atoms with Gasteiger partial charge in [0.15, 0.2) is 4.80 Å². The average Bonchev–Trinajstić information content (AvgIpc) is 2.92. The molecular weight excluding hydrogens is 350 g/mol. The standard InChI is InChI=1S/C19H19N3O3S/c1-4-8-21-16-9-12(2)13(3)10-17(16)26-19(21)20-18(23)14-6-5-7-15(11-14)22(24)25/h5-7,9-11H,4,8H2,1-3H3. The van der Waals surface area contributed by atoms with Crippen molar-refractivity contribution in [2.75, 3.05) is 0 Å². The Morgan fingerprint density at radius 3 is 2.65 bits per heavy atom. The smallest absolute Gasteiger partial charge is 0.279 e. The summed E-state index contributed by atoms with van der Waals surface area (Å²) in [4.78, 5) is 27.8. The lowest BCUT2D eigenvalue weighted by atomic mass is 10.1. The molecule has 0 aliphatic heterocycles. The fourth-order valence-electron chi connectivity index (χ4n) is 2.75. The second kappa shape index (κ2) is 7.21. The van der Waals surface area contributed by atoms with E-state index in [0.29, 0.717) is 4.80 Å². The summed E-state index contributed by atoms with van der Waals surface area (Å²) in [6.45, 7) is 6.95. The Balaban J connectivity index is 2.14. The van der Waals surface area contributed by atoms with E-state index in [1.807, 2.05) is 4.57 Å². The minimum Gasteiger partial charge on any atom is -0.316 e. The van der Waals surface area contributed by atoms with E-state index in [1.165, 1.54) is 40.7 Å². The summed E-state index contributed by atoms with van der Waals surface area (Å²) in [5.41, 5.74) is 3.54. The van der Waals surface area contributed by atoms with Crippen molar-refractivity contribution in [1.29, 1.82) is 0 Å². The monoisotopic (exact) mass is 369 g/mol. The van der Waals surface area contributed by atoms with E-state index in [4.69, 9.17) is 0 Å². The summed E-state index contributed by atoms with van der Waals surface area (Å²) >= 11 is 1.46. The molecule has 2 aromatic carbocycles. The third-order valence-electron chi connectivity index (χ3n) is 4.25. The van der Waals surface area contributed by atoms with Crippen molar-refractivity contribution in [2.45, 2.75) is 33.7 Å². The third-order valence-corrected chi connectivity index (χ3v) is 5.29. The van der Waals surface area contributed by atoms with Crippen molar-refractivity contribution in [3.63, 3.8) is 0 Å². The summed E-state index contributed by atoms with van der Waals surface area (Å²) < 4.78 is 3.12. The van der Waals surface area contributed by atoms with Gasteiger partial charge in [-0.25, -0.2) is 0 Å². The number of rotatable bonds is 4. The quantitative estimate of drug-likeness (QED) is 0.506. The van der Waals surface area contributed by atoms with Gasteiger partial charge in [0.1, 0.15) is 0 Å². The Morgan fingerprint density at radius 2 is 1.96 bits per heavy atom. The molecule has 7 heteroatoms. The summed E-state index contributed by atoms with van der Waals surface area (Å²) in [7, 11) is 0. The number of nitrogens with zero attached hydrogens (tertiary/aromatic N) is 3. The molecule has 0 saturated heterocycles. The normalized spacial score (nSPS) is 11.9. The summed E-state index contributed by atoms with van der Waals surface area (Å²) in [5.74, 6) is -0.474. The predicted octanol–water partition coefficient (Wildman–Crippen LogP) is 4.38. The summed E-state index contributed by atoms with van der Waals surface area (Å²) in [6.07, 6.45) is 0.914. The molecule has 0 aliphatic rings. The zero-order valence-corrected chi connectivity index (χ0v) is 15.7. The number of aryl methyl sites for hydroxylation is 3. The molecule has 134 valence electrons. The van der Waals surface area contributed by atoms with Gasteiger partial charge in [-0.3, -0.25) is 14.9 Å². The lowest BCUT2D eigenvalue weighted by Gasteiger charge is -2.05. The fourth-order valence-corrected chi connectivity index (χ4v) is 3.88. The Bertz CT molecular complexity index is 1080. The topological polar surface area (TPSA) is 77.5 Å². The molecule has 1 aromatic heterocycles. The molecule has 1 heterocycles. The molecule has 6 nitrogen and oxygen atoms in total. The second-order valence-corrected chi connectivity index (χ2v) is 7.17. The highest BCUT2D eigenvalue weighted by molar-refractivity contribution is 7.16. The molecule has 3 rings (SSSR count). The van der Waals surface area contributed by atoms with Gasteiger partial charge in [-0.1, -0.05) is 24.3 Å². The van der Waals surface area contributed by atoms with Crippen LogP contribution in [0.5, 0.6) is 0 Å². The first-order chi connectivity index (χ1) is 12.4. The number of non-ortho nitro benzene ring substituents is 1. The molecule has 0 saturated carbocycles. The number of fused-ring (bicyclic) bond motifs is 1. The van der Waals surface area contributed by atoms with Crippen LogP contribution in [-0.4, -0.2) is 15.4 Å². The molecule has 0 unspecified atom stereocenters. The first-order valence-electron chi connectivity index (χ1n) is 8.34. The summed E-state index contributed by atoms with van der Waals surface area (Å²) in [5, 5.41) is 10.9. The van der Waals surface area contributed by atoms with Gasteiger partial charge in [0.05, 0.1) is 15.1 Å². The minimum absolute atomic E-state index is 0.116. The molecular formula is C19H19N3O3S. The van der Waals surface area contributed by atoms with E-state index >= 15 is 0 Å². The van der Waals surface area contributed by atoms with Gasteiger partial charge in [0, 0.05) is 24.2 Å². The van der Waals surface area contributed by atoms with Crippen molar-refractivity contribution in [3.8, 4) is 0 Å². The summed E-state index contributed by atoms with van der Waals surface area (Å²) in [6, 6.07) is 9.89. The molecule has 0 atom stereocenters. The highest BCUT2D eigenvalue weighted by Gasteiger charge is 2.13. The second-order valence-electron chi connectivity index (χ2n) is 6.16. The van der Waals surface area contributed by atoms with E-state index in [1.54, 1.807) is 6.07 Å². The zero-order valence-electron chi connectivity index (χ0n) is 14.9. The first-order valence-corrected chi connectivity index (χ1v) is 9.16. The van der Waals surface area contributed by atoms with Crippen LogP contribution in [0.3, 0.4) is 0 Å². The number of amides is 1. The maximum absolute atomic E-state index is 12.6. The van der Waals surface area contributed by atoms with Gasteiger partial charge in [0.2, 0.25) is 0 Å². The Morgan fingerprint density at radius 1 is 1.23 bits per heavy atom. The van der Waals surface area contributed by atoms with Gasteiger partial charge in [-0.05, 0) is 49.6 Å². The van der Waals surface area contributed by atoms with Crippen molar-refractivity contribution < 1.29 is 9.72 Å². The van der Waals surface area contributed by atoms with Crippen LogP contribution in [0.1, 0.15) is 34.8 Å². The Kier molecular flexibility index (Phi) is 4.99. The highest BCUT2D eigenvalue weighted by atomic mass is 32.1. The zero-order chi connectivity index (χ0) is 18.8. The SMILES string of the molecule is CCCn1c(=NC(=O)c2cccc([N+](=O)[O-])c2)sc2cc(C)c(C)cc21. The maximum atomic E-state index is 12.6. The average molecular weight is 369 g/mol. The number of hydrogen-bond acceptors (Lipinski definition) is 4. The van der Waals surface area contributed by atoms with Crippen LogP contribution < -0.4 is 4.80 Å². The lowest BCUT2D eigenvalue weighted by Crippen LogP contribution is -2.17. The number of nitro benzene ring substituents is 1. The maximum Gasteiger partial charge on any atom is 0.279 e. The van der Waals surface area contributed by atoms with Crippen LogP contribution in [0, 0.1) is 24.0 Å². The minimum atomic E-state index is -0.515. The van der Waals surface area contributed by atoms with Crippen molar-refractivity contribution in [1.82, 2.24) is 4.57 Å². The van der Waals surface area contributed by atoms with E-state index in [2.05, 4.69) is 37.9 Å². The van der Waals surface area contributed by atoms with Crippen LogP contribution in [0.2, 0.25) is 0 Å². The first kappa shape index (κ1) is 18.0. The molecule has 1 amide bonds. The van der Waals surface area contributed by atoms with E-state index in [9.17, 15) is 14.9 Å². The fraction of sp³-hybridized carbons (Fsp3) is 0.263. The molecule has 0 fully saturated rings. The van der Waals surface area contributed by atoms with Gasteiger partial charge in [-0.15, -0.1) is 0 Å². The number of aromatic nitrogens is 1. The van der Waals surface area contributed by atoms with Crippen LogP contribution in [0.15, 0.2) is 41.4 Å². The van der Waals surface area contributed by atoms with Crippen LogP contribution in [-0.2, 0) is 6.54 Å². The van der Waals surface area contributed by atoms with Crippen LogP contribution in [0.25, 0.3) is 10.2 Å². The molecule has 0 radical (unpaired) electrons. The van der Waals surface area contributed by atoms with Gasteiger partial charge in [-0.2, -0.15) is 4.99 Å². The van der Waals surface area contributed by atoms with E-state index < -0.39 is 10.8 Å². The Labute approximate surface area is 154 Å². The number of nitro groups is 1. The van der Waals surface area contributed by atoms with E-state index in [0.717, 1.165) is 23.2 Å². The predicted molar refractivity (Wildman–Crippen MR) is 103 cm³/mol. The van der Waals surface area contributed by atoms with Crippen molar-refractivity contribution >= 4 is 33.1 Å². The largest absolute Gasteiger partial charge is 0.316 e. The van der Waals surface area contributed by atoms with E-state index in [-0.39, 0.29) is 11.3 Å².